The lowest BCUT2D eigenvalue weighted by Crippen LogP contribution is -2.44. The van der Waals surface area contributed by atoms with Crippen molar-refractivity contribution in [3.05, 3.63) is 33.9 Å². The van der Waals surface area contributed by atoms with E-state index in [4.69, 9.17) is 5.26 Å². The quantitative estimate of drug-likeness (QED) is 0.650. The number of nitro benzene ring substituents is 1. The van der Waals surface area contributed by atoms with Crippen molar-refractivity contribution < 1.29 is 4.92 Å². The molecular weight excluding hydrogens is 244 g/mol. The number of nitriles is 1. The van der Waals surface area contributed by atoms with E-state index in [1.165, 1.54) is 6.07 Å². The van der Waals surface area contributed by atoms with Crippen molar-refractivity contribution in [3.63, 3.8) is 0 Å². The van der Waals surface area contributed by atoms with Gasteiger partial charge in [-0.1, -0.05) is 0 Å². The maximum atomic E-state index is 11.0. The van der Waals surface area contributed by atoms with Crippen LogP contribution in [0.3, 0.4) is 0 Å². The second-order valence-electron chi connectivity index (χ2n) is 5.16. The second kappa shape index (κ2) is 5.67. The molecule has 1 aromatic rings. The smallest absolute Gasteiger partial charge is 0.293 e. The number of likely N-dealkylation sites (N-methyl/N-ethyl adjacent to an activating group) is 1. The molecule has 1 N–H and O–H groups in total. The number of nitrogens with one attached hydrogen (secondary N) is 1. The molecule has 0 aromatic heterocycles. The van der Waals surface area contributed by atoms with Crippen molar-refractivity contribution in [2.45, 2.75) is 19.4 Å². The minimum Gasteiger partial charge on any atom is -0.378 e. The predicted octanol–water partition coefficient (Wildman–Crippen LogP) is 2.22. The third-order valence-electron chi connectivity index (χ3n) is 3.25. The minimum atomic E-state index is -0.480. The molecule has 1 aromatic carbocycles. The van der Waals surface area contributed by atoms with Gasteiger partial charge in [0.05, 0.1) is 16.6 Å². The number of nitro groups is 1. The highest BCUT2D eigenvalue weighted by molar-refractivity contribution is 5.64. The second-order valence-corrected chi connectivity index (χ2v) is 5.16. The zero-order valence-corrected chi connectivity index (χ0v) is 11.6. The molecule has 0 radical (unpaired) electrons. The summed E-state index contributed by atoms with van der Waals surface area (Å²) in [6.07, 6.45) is 0. The third kappa shape index (κ3) is 3.66. The van der Waals surface area contributed by atoms with Gasteiger partial charge in [0.1, 0.15) is 5.69 Å². The van der Waals surface area contributed by atoms with E-state index in [0.717, 1.165) is 0 Å². The highest BCUT2D eigenvalue weighted by Crippen LogP contribution is 2.26. The van der Waals surface area contributed by atoms with Gasteiger partial charge in [-0.2, -0.15) is 5.26 Å². The molecule has 0 unspecified atom stereocenters. The van der Waals surface area contributed by atoms with Crippen molar-refractivity contribution in [2.24, 2.45) is 0 Å². The summed E-state index contributed by atoms with van der Waals surface area (Å²) >= 11 is 0. The van der Waals surface area contributed by atoms with E-state index in [9.17, 15) is 10.1 Å². The lowest BCUT2D eigenvalue weighted by Gasteiger charge is -2.32. The van der Waals surface area contributed by atoms with Crippen molar-refractivity contribution in [3.8, 4) is 6.07 Å². The van der Waals surface area contributed by atoms with Gasteiger partial charge in [-0.25, -0.2) is 0 Å². The van der Waals surface area contributed by atoms with Crippen LogP contribution in [0.25, 0.3) is 0 Å². The molecule has 0 spiro atoms. The van der Waals surface area contributed by atoms with E-state index < -0.39 is 4.92 Å². The average Bonchev–Trinajstić information content (AvgIpc) is 2.35. The van der Waals surface area contributed by atoms with E-state index in [1.54, 1.807) is 12.1 Å². The molecule has 0 fully saturated rings. The van der Waals surface area contributed by atoms with Gasteiger partial charge in [-0.05, 0) is 40.1 Å². The first-order valence-electron chi connectivity index (χ1n) is 5.88. The van der Waals surface area contributed by atoms with Gasteiger partial charge in [-0.3, -0.25) is 10.1 Å². The van der Waals surface area contributed by atoms with Gasteiger partial charge in [-0.15, -0.1) is 0 Å². The summed E-state index contributed by atoms with van der Waals surface area (Å²) in [6.45, 7) is 4.64. The van der Waals surface area contributed by atoms with Crippen LogP contribution in [0, 0.1) is 21.4 Å². The summed E-state index contributed by atoms with van der Waals surface area (Å²) in [7, 11) is 3.91. The van der Waals surface area contributed by atoms with Crippen molar-refractivity contribution in [1.82, 2.24) is 4.90 Å². The molecule has 1 rings (SSSR count). The van der Waals surface area contributed by atoms with Crippen molar-refractivity contribution in [1.29, 1.82) is 5.26 Å². The largest absolute Gasteiger partial charge is 0.378 e. The van der Waals surface area contributed by atoms with Gasteiger partial charge in [0.2, 0.25) is 0 Å². The Balaban J connectivity index is 2.96. The van der Waals surface area contributed by atoms with Crippen LogP contribution in [0.5, 0.6) is 0 Å². The summed E-state index contributed by atoms with van der Waals surface area (Å²) in [4.78, 5) is 12.6. The average molecular weight is 262 g/mol. The normalized spacial score (nSPS) is 11.2. The van der Waals surface area contributed by atoms with Crippen LogP contribution in [-0.4, -0.2) is 36.0 Å². The fourth-order valence-corrected chi connectivity index (χ4v) is 1.37. The molecule has 0 saturated carbocycles. The molecule has 0 bridgehead atoms. The standard InChI is InChI=1S/C13H18N4O2/c1-13(2,16(3)4)9-15-11-6-5-10(8-14)7-12(11)17(18)19/h5-7,15H,9H2,1-4H3. The Hall–Kier alpha value is -2.13. The minimum absolute atomic E-state index is 0.0754. The monoisotopic (exact) mass is 262 g/mol. The van der Waals surface area contributed by atoms with Crippen LogP contribution >= 0.6 is 0 Å². The number of nitrogens with zero attached hydrogens (tertiary/aromatic N) is 3. The molecule has 6 heteroatoms. The first kappa shape index (κ1) is 14.9. The van der Waals surface area contributed by atoms with Crippen LogP contribution in [0.15, 0.2) is 18.2 Å². The molecule has 0 saturated heterocycles. The molecule has 0 atom stereocenters. The highest BCUT2D eigenvalue weighted by atomic mass is 16.6. The van der Waals surface area contributed by atoms with E-state index in [1.807, 2.05) is 38.9 Å². The lowest BCUT2D eigenvalue weighted by molar-refractivity contribution is -0.384. The zero-order chi connectivity index (χ0) is 14.6. The van der Waals surface area contributed by atoms with E-state index in [2.05, 4.69) is 5.32 Å². The van der Waals surface area contributed by atoms with Gasteiger partial charge in [0.15, 0.2) is 0 Å². The van der Waals surface area contributed by atoms with Crippen molar-refractivity contribution in [2.75, 3.05) is 26.0 Å². The molecule has 0 aliphatic rings. The first-order chi connectivity index (χ1) is 8.77. The van der Waals surface area contributed by atoms with Crippen LogP contribution in [0.1, 0.15) is 19.4 Å². The first-order valence-corrected chi connectivity index (χ1v) is 5.88. The van der Waals surface area contributed by atoms with Gasteiger partial charge < -0.3 is 10.2 Å². The molecule has 0 heterocycles. The Labute approximate surface area is 112 Å². The fraction of sp³-hybridized carbons (Fsp3) is 0.462. The van der Waals surface area contributed by atoms with Crippen LogP contribution < -0.4 is 5.32 Å². The number of benzene rings is 1. The van der Waals surface area contributed by atoms with Crippen molar-refractivity contribution >= 4 is 11.4 Å². The SMILES string of the molecule is CN(C)C(C)(C)CNc1ccc(C#N)cc1[N+](=O)[O-]. The van der Waals surface area contributed by atoms with E-state index in [0.29, 0.717) is 12.2 Å². The van der Waals surface area contributed by atoms with Gasteiger partial charge in [0.25, 0.3) is 5.69 Å². The van der Waals surface area contributed by atoms with Crippen LogP contribution in [0.2, 0.25) is 0 Å². The molecular formula is C13H18N4O2. The van der Waals surface area contributed by atoms with Gasteiger partial charge >= 0.3 is 0 Å². The van der Waals surface area contributed by atoms with Crippen LogP contribution in [0.4, 0.5) is 11.4 Å². The molecule has 0 aliphatic carbocycles. The topological polar surface area (TPSA) is 82.2 Å². The Morgan fingerprint density at radius 3 is 2.58 bits per heavy atom. The molecule has 0 amide bonds. The Morgan fingerprint density at radius 2 is 2.11 bits per heavy atom. The molecule has 6 nitrogen and oxygen atoms in total. The Kier molecular flexibility index (Phi) is 4.46. The van der Waals surface area contributed by atoms with Crippen LogP contribution in [-0.2, 0) is 0 Å². The molecule has 0 aliphatic heterocycles. The number of anilines is 1. The van der Waals surface area contributed by atoms with E-state index >= 15 is 0 Å². The number of rotatable bonds is 5. The van der Waals surface area contributed by atoms with E-state index in [-0.39, 0.29) is 16.8 Å². The number of hydrogen-bond donors (Lipinski definition) is 1. The number of hydrogen-bond acceptors (Lipinski definition) is 5. The Morgan fingerprint density at radius 1 is 1.47 bits per heavy atom. The lowest BCUT2D eigenvalue weighted by atomic mass is 10.0. The maximum absolute atomic E-state index is 11.0. The molecule has 102 valence electrons. The zero-order valence-electron chi connectivity index (χ0n) is 11.6. The third-order valence-corrected chi connectivity index (χ3v) is 3.25. The highest BCUT2D eigenvalue weighted by Gasteiger charge is 2.22. The summed E-state index contributed by atoms with van der Waals surface area (Å²) in [6, 6.07) is 6.32. The summed E-state index contributed by atoms with van der Waals surface area (Å²) in [5.74, 6) is 0. The summed E-state index contributed by atoms with van der Waals surface area (Å²) in [5, 5.41) is 22.8. The summed E-state index contributed by atoms with van der Waals surface area (Å²) in [5.41, 5.74) is 0.499. The summed E-state index contributed by atoms with van der Waals surface area (Å²) < 4.78 is 0. The predicted molar refractivity (Wildman–Crippen MR) is 74.1 cm³/mol. The Bertz CT molecular complexity index is 518. The maximum Gasteiger partial charge on any atom is 0.293 e. The molecule has 19 heavy (non-hydrogen) atoms. The fourth-order valence-electron chi connectivity index (χ4n) is 1.37. The van der Waals surface area contributed by atoms with Gasteiger partial charge in [0, 0.05) is 18.2 Å².